The second kappa shape index (κ2) is 3.64. The maximum absolute atomic E-state index is 11.1. The molecule has 1 rings (SSSR count). The van der Waals surface area contributed by atoms with Crippen molar-refractivity contribution in [1.82, 2.24) is 4.98 Å². The summed E-state index contributed by atoms with van der Waals surface area (Å²) in [6, 6.07) is 2.03. The fourth-order valence-corrected chi connectivity index (χ4v) is 1.87. The first-order chi connectivity index (χ1) is 6.42. The summed E-state index contributed by atoms with van der Waals surface area (Å²) in [5.41, 5.74) is 0. The van der Waals surface area contributed by atoms with Crippen molar-refractivity contribution >= 4 is 10.6 Å². The van der Waals surface area contributed by atoms with Gasteiger partial charge in [-0.3, -0.25) is 0 Å². The van der Waals surface area contributed by atoms with Gasteiger partial charge in [-0.2, -0.15) is 0 Å². The van der Waals surface area contributed by atoms with Gasteiger partial charge in [-0.1, -0.05) is 0 Å². The molecular formula is C6H5NO6V. The molecule has 0 atom stereocenters. The van der Waals surface area contributed by atoms with E-state index in [-0.39, 0.29) is 5.75 Å². The molecule has 0 aliphatic rings. The van der Waals surface area contributed by atoms with Crippen molar-refractivity contribution in [3.63, 3.8) is 0 Å². The number of rotatable bonds is 2. The minimum atomic E-state index is -5.34. The summed E-state index contributed by atoms with van der Waals surface area (Å²) in [5.74, 6) is -0.223. The second-order valence-corrected chi connectivity index (χ2v) is 4.78. The van der Waals surface area contributed by atoms with Crippen molar-refractivity contribution in [2.45, 2.75) is 0 Å². The molecule has 0 spiro atoms. The summed E-state index contributed by atoms with van der Waals surface area (Å²) < 4.78 is 25.4. The first-order valence-electron chi connectivity index (χ1n) is 3.31. The van der Waals surface area contributed by atoms with E-state index in [4.69, 9.17) is 10.2 Å². The van der Waals surface area contributed by atoms with Crippen molar-refractivity contribution in [3.8, 4) is 5.75 Å². The van der Waals surface area contributed by atoms with E-state index in [9.17, 15) is 12.1 Å². The van der Waals surface area contributed by atoms with Crippen LogP contribution in [0.4, 0.5) is 4.79 Å². The van der Waals surface area contributed by atoms with Gasteiger partial charge in [0.2, 0.25) is 0 Å². The molecule has 0 saturated heterocycles. The van der Waals surface area contributed by atoms with Crippen LogP contribution in [0.3, 0.4) is 0 Å². The maximum atomic E-state index is 11.1. The van der Waals surface area contributed by atoms with Gasteiger partial charge in [-0.25, -0.2) is 0 Å². The van der Waals surface area contributed by atoms with Gasteiger partial charge >= 0.3 is 79.9 Å². The molecule has 0 aliphatic heterocycles. The molecule has 75 valence electrons. The molecule has 2 N–H and O–H groups in total. The molecule has 14 heavy (non-hydrogen) atoms. The third-order valence-electron chi connectivity index (χ3n) is 1.21. The Labute approximate surface area is 80.4 Å². The standard InChI is InChI=1S/C5H4NO.CH2O3.2O.V/c7-5-2-1-3-6-4-5;2-1(3)4;;;/h1-2,4,7H;(H2,2,3,4);;;/q;;;;+1/p-1. The van der Waals surface area contributed by atoms with E-state index in [0.717, 1.165) is 18.3 Å². The normalized spacial score (nSPS) is 10.9. The molecule has 8 heteroatoms. The Bertz CT molecular complexity index is 436. The van der Waals surface area contributed by atoms with E-state index < -0.39 is 24.8 Å². The summed E-state index contributed by atoms with van der Waals surface area (Å²) in [4.78, 5) is 13.3. The van der Waals surface area contributed by atoms with Crippen LogP contribution < -0.4 is 4.41 Å². The zero-order valence-electron chi connectivity index (χ0n) is 6.65. The molecule has 0 aliphatic carbocycles. The van der Waals surface area contributed by atoms with Crippen molar-refractivity contribution < 1.29 is 40.3 Å². The Morgan fingerprint density at radius 2 is 2.07 bits per heavy atom. The predicted molar refractivity (Wildman–Crippen MR) is 36.0 cm³/mol. The third kappa shape index (κ3) is 2.44. The monoisotopic (exact) mass is 238 g/mol. The summed E-state index contributed by atoms with van der Waals surface area (Å²) in [6.07, 6.45) is -1.02. The molecule has 1 aromatic rings. The Hall–Kier alpha value is -1.60. The van der Waals surface area contributed by atoms with Gasteiger partial charge in [-0.15, -0.1) is 0 Å². The fourth-order valence-electron chi connectivity index (χ4n) is 0.690. The zero-order chi connectivity index (χ0) is 10.8. The van der Waals surface area contributed by atoms with Crippen LogP contribution in [-0.2, 0) is 25.3 Å². The van der Waals surface area contributed by atoms with E-state index in [1.165, 1.54) is 0 Å². The van der Waals surface area contributed by atoms with Crippen LogP contribution in [0.25, 0.3) is 0 Å². The number of aromatic nitrogens is 1. The molecule has 0 unspecified atom stereocenters. The first kappa shape index (κ1) is 10.5. The van der Waals surface area contributed by atoms with Crippen molar-refractivity contribution in [1.29, 1.82) is 0 Å². The van der Waals surface area contributed by atoms with Crippen LogP contribution in [-0.4, -0.2) is 21.4 Å². The van der Waals surface area contributed by atoms with Crippen LogP contribution in [0, 0.1) is 0 Å². The van der Waals surface area contributed by atoms with Gasteiger partial charge in [0.15, 0.2) is 0 Å². The first-order valence-corrected chi connectivity index (χ1v) is 5.72. The Morgan fingerprint density at radius 3 is 2.50 bits per heavy atom. The van der Waals surface area contributed by atoms with Gasteiger partial charge in [0.05, 0.1) is 0 Å². The molecule has 0 fully saturated rings. The fraction of sp³-hybridized carbons (Fsp3) is 0. The number of hydrogen-bond acceptors (Lipinski definition) is 6. The molecular weight excluding hydrogens is 233 g/mol. The molecule has 0 bridgehead atoms. The number of hydrogen-bond donors (Lipinski definition) is 2. The van der Waals surface area contributed by atoms with Crippen LogP contribution in [0.1, 0.15) is 0 Å². The molecule has 7 nitrogen and oxygen atoms in total. The minimum absolute atomic E-state index is 0.223. The van der Waals surface area contributed by atoms with Gasteiger partial charge in [-0.05, 0) is 0 Å². The van der Waals surface area contributed by atoms with Crippen LogP contribution >= 0.6 is 0 Å². The third-order valence-corrected chi connectivity index (χ3v) is 3.12. The van der Waals surface area contributed by atoms with Crippen molar-refractivity contribution in [2.75, 3.05) is 0 Å². The van der Waals surface area contributed by atoms with Crippen LogP contribution in [0.5, 0.6) is 5.75 Å². The quantitative estimate of drug-likeness (QED) is 0.737. The van der Waals surface area contributed by atoms with Gasteiger partial charge in [0.1, 0.15) is 0 Å². The molecule has 0 radical (unpaired) electrons. The summed E-state index contributed by atoms with van der Waals surface area (Å²) in [5, 5.41) is 16.9. The average molecular weight is 238 g/mol. The van der Waals surface area contributed by atoms with Crippen LogP contribution in [0.2, 0.25) is 0 Å². The van der Waals surface area contributed by atoms with E-state index in [1.807, 2.05) is 0 Å². The molecule has 1 aromatic heterocycles. The Balaban J connectivity index is 3.05. The SMILES string of the molecule is O=C(O)[O][V](=[O])(=[O])[c]1ccc(O)cn1. The van der Waals surface area contributed by atoms with Gasteiger partial charge in [0.25, 0.3) is 0 Å². The van der Waals surface area contributed by atoms with E-state index >= 15 is 0 Å². The van der Waals surface area contributed by atoms with Gasteiger partial charge < -0.3 is 0 Å². The number of nitrogens with zero attached hydrogens (tertiary/aromatic N) is 1. The van der Waals surface area contributed by atoms with E-state index in [1.54, 1.807) is 0 Å². The molecule has 1 heterocycles. The predicted octanol–water partition coefficient (Wildman–Crippen LogP) is -0.133. The van der Waals surface area contributed by atoms with E-state index in [0.29, 0.717) is 0 Å². The molecule has 0 aromatic carbocycles. The molecule has 0 amide bonds. The summed E-state index contributed by atoms with van der Waals surface area (Å²) >= 11 is -5.34. The number of pyridine rings is 1. The number of carboxylic acid groups (broad SMARTS) is 1. The van der Waals surface area contributed by atoms with Gasteiger partial charge in [0, 0.05) is 0 Å². The average Bonchev–Trinajstić information content (AvgIpc) is 2.02. The molecule has 0 saturated carbocycles. The van der Waals surface area contributed by atoms with E-state index in [2.05, 4.69) is 8.65 Å². The summed E-state index contributed by atoms with van der Waals surface area (Å²) in [6.45, 7) is 0. The van der Waals surface area contributed by atoms with Crippen LogP contribution in [0.15, 0.2) is 18.3 Å². The number of aromatic hydroxyl groups is 1. The van der Waals surface area contributed by atoms with Crippen molar-refractivity contribution in [3.05, 3.63) is 18.3 Å². The topological polar surface area (TPSA) is 114 Å². The number of carbonyl (C=O) groups is 1. The second-order valence-electron chi connectivity index (χ2n) is 2.23. The zero-order valence-corrected chi connectivity index (χ0v) is 8.05. The Morgan fingerprint density at radius 1 is 1.43 bits per heavy atom. The van der Waals surface area contributed by atoms with Crippen molar-refractivity contribution in [2.24, 2.45) is 0 Å². The summed E-state index contributed by atoms with van der Waals surface area (Å²) in [7, 11) is 0. The Kier molecular flexibility index (Phi) is 2.73.